The van der Waals surface area contributed by atoms with Crippen LogP contribution in [0.5, 0.6) is 0 Å². The highest BCUT2D eigenvalue weighted by atomic mass is 35.5. The van der Waals surface area contributed by atoms with Gasteiger partial charge >= 0.3 is 18.1 Å². The van der Waals surface area contributed by atoms with Crippen molar-refractivity contribution in [3.63, 3.8) is 0 Å². The van der Waals surface area contributed by atoms with Gasteiger partial charge in [0.25, 0.3) is 5.91 Å². The van der Waals surface area contributed by atoms with Gasteiger partial charge in [0.1, 0.15) is 0 Å². The number of aromatic carboxylic acids is 1. The summed E-state index contributed by atoms with van der Waals surface area (Å²) in [5.41, 5.74) is 2.60. The Morgan fingerprint density at radius 1 is 1.07 bits per heavy atom. The molecule has 2 aliphatic rings. The largest absolute Gasteiger partial charge is 0.490 e. The van der Waals surface area contributed by atoms with E-state index in [4.69, 9.17) is 21.5 Å². The van der Waals surface area contributed by atoms with Crippen molar-refractivity contribution in [2.45, 2.75) is 25.4 Å². The first-order valence-electron chi connectivity index (χ1n) is 12.1. The number of pyridine rings is 1. The lowest BCUT2D eigenvalue weighted by Gasteiger charge is -2.24. The number of hydrogen-bond acceptors (Lipinski definition) is 7. The zero-order chi connectivity index (χ0) is 30.6. The van der Waals surface area contributed by atoms with Crippen LogP contribution in [0.25, 0.3) is 17.0 Å². The number of halogens is 4. The number of anilines is 2. The fourth-order valence-electron chi connectivity index (χ4n) is 3.70. The third-order valence-corrected chi connectivity index (χ3v) is 7.29. The normalized spacial score (nSPS) is 15.9. The van der Waals surface area contributed by atoms with E-state index in [1.807, 2.05) is 0 Å². The Labute approximate surface area is 244 Å². The van der Waals surface area contributed by atoms with Crippen molar-refractivity contribution in [2.75, 3.05) is 10.6 Å². The maximum atomic E-state index is 12.5. The SMILES string of the molecule is O=C(O)C(F)(F)F.O=C1N=C(Nc2cc(NC(=O)C3CCC3)ccc2Cl)SC1=Cc1ccc2ncc(C(=O)O)cc2c1. The number of carboxylic acids is 2. The second-order valence-corrected chi connectivity index (χ2v) is 10.5. The molecule has 1 aliphatic heterocycles. The van der Waals surface area contributed by atoms with Gasteiger partial charge in [-0.15, -0.1) is 0 Å². The van der Waals surface area contributed by atoms with Crippen molar-refractivity contribution < 1.29 is 42.6 Å². The van der Waals surface area contributed by atoms with Crippen LogP contribution in [-0.2, 0) is 14.4 Å². The van der Waals surface area contributed by atoms with Crippen LogP contribution in [0.4, 0.5) is 24.5 Å². The quantitative estimate of drug-likeness (QED) is 0.249. The molecule has 4 N–H and O–H groups in total. The predicted octanol–water partition coefficient (Wildman–Crippen LogP) is 6.04. The van der Waals surface area contributed by atoms with Crippen molar-refractivity contribution >= 4 is 80.6 Å². The lowest BCUT2D eigenvalue weighted by atomic mass is 9.85. The second kappa shape index (κ2) is 12.6. The number of alkyl halides is 3. The number of amides is 2. The number of thioether (sulfide) groups is 1. The number of nitrogens with zero attached hydrogens (tertiary/aromatic N) is 2. The fraction of sp³-hybridized carbons (Fsp3) is 0.185. The maximum Gasteiger partial charge on any atom is 0.490 e. The Morgan fingerprint density at radius 2 is 1.79 bits per heavy atom. The number of rotatable bonds is 5. The molecule has 1 aliphatic carbocycles. The Kier molecular flexibility index (Phi) is 9.17. The summed E-state index contributed by atoms with van der Waals surface area (Å²) in [5.74, 6) is -4.16. The van der Waals surface area contributed by atoms with Gasteiger partial charge in [0.2, 0.25) is 5.91 Å². The summed E-state index contributed by atoms with van der Waals surface area (Å²) in [6, 6.07) is 12.0. The summed E-state index contributed by atoms with van der Waals surface area (Å²) >= 11 is 7.48. The van der Waals surface area contributed by atoms with Gasteiger partial charge < -0.3 is 20.8 Å². The second-order valence-electron chi connectivity index (χ2n) is 9.05. The first-order valence-corrected chi connectivity index (χ1v) is 13.3. The molecular formula is C27H20ClF3N4O6S. The summed E-state index contributed by atoms with van der Waals surface area (Å²) in [6.07, 6.45) is 0.804. The average Bonchev–Trinajstić information content (AvgIpc) is 3.22. The molecule has 5 rings (SSSR count). The molecule has 3 aromatic rings. The van der Waals surface area contributed by atoms with Gasteiger partial charge in [-0.3, -0.25) is 14.6 Å². The molecule has 218 valence electrons. The number of aliphatic imine (C=N–C) groups is 1. The molecule has 0 saturated heterocycles. The van der Waals surface area contributed by atoms with E-state index in [9.17, 15) is 32.7 Å². The van der Waals surface area contributed by atoms with Crippen LogP contribution in [0.2, 0.25) is 5.02 Å². The van der Waals surface area contributed by atoms with E-state index in [0.717, 1.165) is 31.0 Å². The number of amidine groups is 1. The highest BCUT2D eigenvalue weighted by Crippen LogP contribution is 2.33. The standard InChI is InChI=1S/C25H19ClN4O4S.C2HF3O2/c26-18-6-5-17(28-22(31)14-2-1-3-14)11-20(18)29-25-30-23(32)21(35-25)9-13-4-7-19-15(8-13)10-16(12-27-19)24(33)34;3-2(4,5)1(6)7/h4-12,14H,1-3H2,(H,28,31)(H,33,34)(H,29,30,32);(H,6,7). The first-order chi connectivity index (χ1) is 19.8. The summed E-state index contributed by atoms with van der Waals surface area (Å²) in [5, 5.41) is 23.7. The molecule has 2 amide bonds. The molecule has 2 aromatic carbocycles. The molecule has 0 radical (unpaired) electrons. The van der Waals surface area contributed by atoms with Gasteiger partial charge in [0, 0.05) is 23.2 Å². The summed E-state index contributed by atoms with van der Waals surface area (Å²) in [6.45, 7) is 0. The Morgan fingerprint density at radius 3 is 2.40 bits per heavy atom. The zero-order valence-corrected chi connectivity index (χ0v) is 22.8. The topological polar surface area (TPSA) is 158 Å². The van der Waals surface area contributed by atoms with E-state index >= 15 is 0 Å². The van der Waals surface area contributed by atoms with E-state index in [1.165, 1.54) is 6.20 Å². The molecule has 0 unspecified atom stereocenters. The molecule has 1 fully saturated rings. The molecule has 0 spiro atoms. The zero-order valence-electron chi connectivity index (χ0n) is 21.2. The number of nitrogens with one attached hydrogen (secondary N) is 2. The van der Waals surface area contributed by atoms with Crippen molar-refractivity contribution in [1.29, 1.82) is 0 Å². The molecule has 0 atom stereocenters. The number of carboxylic acid groups (broad SMARTS) is 2. The van der Waals surface area contributed by atoms with E-state index in [0.29, 0.717) is 42.9 Å². The van der Waals surface area contributed by atoms with Gasteiger partial charge in [-0.05, 0) is 72.6 Å². The minimum absolute atomic E-state index is 0.00133. The minimum Gasteiger partial charge on any atom is -0.478 e. The van der Waals surface area contributed by atoms with Crippen molar-refractivity contribution in [3.8, 4) is 0 Å². The van der Waals surface area contributed by atoms with Gasteiger partial charge in [-0.2, -0.15) is 18.2 Å². The number of benzene rings is 2. The fourth-order valence-corrected chi connectivity index (χ4v) is 4.69. The number of carbonyl (C=O) groups excluding carboxylic acids is 2. The molecule has 0 bridgehead atoms. The van der Waals surface area contributed by atoms with E-state index in [2.05, 4.69) is 20.6 Å². The van der Waals surface area contributed by atoms with Crippen molar-refractivity contribution in [1.82, 2.24) is 4.98 Å². The highest BCUT2D eigenvalue weighted by molar-refractivity contribution is 8.18. The summed E-state index contributed by atoms with van der Waals surface area (Å²) in [4.78, 5) is 53.5. The predicted molar refractivity (Wildman–Crippen MR) is 151 cm³/mol. The number of aromatic nitrogens is 1. The molecule has 42 heavy (non-hydrogen) atoms. The van der Waals surface area contributed by atoms with Crippen LogP contribution >= 0.6 is 23.4 Å². The Balaban J connectivity index is 0.000000517. The van der Waals surface area contributed by atoms with Crippen LogP contribution in [0, 0.1) is 5.92 Å². The Hall–Kier alpha value is -4.43. The maximum absolute atomic E-state index is 12.5. The third-order valence-electron chi connectivity index (χ3n) is 6.06. The molecule has 1 saturated carbocycles. The van der Waals surface area contributed by atoms with Crippen molar-refractivity contribution in [2.24, 2.45) is 10.9 Å². The summed E-state index contributed by atoms with van der Waals surface area (Å²) < 4.78 is 31.7. The minimum atomic E-state index is -5.08. The van der Waals surface area contributed by atoms with Crippen LogP contribution in [0.1, 0.15) is 35.2 Å². The number of aliphatic carboxylic acids is 1. The van der Waals surface area contributed by atoms with Gasteiger partial charge in [-0.25, -0.2) is 9.59 Å². The van der Waals surface area contributed by atoms with E-state index in [-0.39, 0.29) is 17.4 Å². The van der Waals surface area contributed by atoms with E-state index in [1.54, 1.807) is 48.5 Å². The Bertz CT molecular complexity index is 1660. The average molecular weight is 621 g/mol. The van der Waals surface area contributed by atoms with Crippen LogP contribution in [0.15, 0.2) is 58.6 Å². The highest BCUT2D eigenvalue weighted by Gasteiger charge is 2.38. The number of fused-ring (bicyclic) bond motifs is 1. The van der Waals surface area contributed by atoms with Crippen molar-refractivity contribution in [3.05, 3.63) is 69.7 Å². The van der Waals surface area contributed by atoms with Gasteiger partial charge in [0.05, 0.1) is 26.7 Å². The van der Waals surface area contributed by atoms with Gasteiger partial charge in [-0.1, -0.05) is 24.1 Å². The van der Waals surface area contributed by atoms with E-state index < -0.39 is 24.0 Å². The molecule has 1 aromatic heterocycles. The lowest BCUT2D eigenvalue weighted by Crippen LogP contribution is -2.28. The molecule has 15 heteroatoms. The summed E-state index contributed by atoms with van der Waals surface area (Å²) in [7, 11) is 0. The van der Waals surface area contributed by atoms with Crippen LogP contribution in [-0.4, -0.2) is 50.3 Å². The van der Waals surface area contributed by atoms with Crippen LogP contribution in [0.3, 0.4) is 0 Å². The molecule has 2 heterocycles. The lowest BCUT2D eigenvalue weighted by molar-refractivity contribution is -0.192. The molecule has 10 nitrogen and oxygen atoms in total. The first kappa shape index (κ1) is 30.5. The molecular weight excluding hydrogens is 601 g/mol. The monoisotopic (exact) mass is 620 g/mol. The van der Waals surface area contributed by atoms with Gasteiger partial charge in [0.15, 0.2) is 5.17 Å². The third kappa shape index (κ3) is 7.64. The smallest absolute Gasteiger partial charge is 0.478 e. The number of carbonyl (C=O) groups is 4. The van der Waals surface area contributed by atoms with Crippen LogP contribution < -0.4 is 10.6 Å². The number of hydrogen-bond donors (Lipinski definition) is 4.